The minimum Gasteiger partial charge on any atom is -1.00 e. The van der Waals surface area contributed by atoms with Crippen molar-refractivity contribution in [3.05, 3.63) is 0 Å². The Morgan fingerprint density at radius 3 is 1.25 bits per heavy atom. The number of aliphatic hydroxyl groups excluding tert-OH is 2. The van der Waals surface area contributed by atoms with Crippen molar-refractivity contribution in [2.75, 3.05) is 40.0 Å². The lowest BCUT2D eigenvalue weighted by molar-refractivity contribution is -0.409. The molecule has 0 aliphatic carbocycles. The second-order valence-electron chi connectivity index (χ2n) is 14.7. The summed E-state index contributed by atoms with van der Waals surface area (Å²) in [6, 6.07) is -0.445. The van der Waals surface area contributed by atoms with Crippen molar-refractivity contribution in [2.24, 2.45) is 0 Å². The first-order valence-corrected chi connectivity index (χ1v) is 21.0. The van der Waals surface area contributed by atoms with E-state index in [0.29, 0.717) is 38.6 Å². The molecule has 0 heterocycles. The molecule has 10 nitrogen and oxygen atoms in total. The molecule has 310 valence electrons. The number of quaternary nitrogens is 1. The molecule has 0 amide bonds. The molecule has 11 heteroatoms. The van der Waals surface area contributed by atoms with Crippen LogP contribution in [0, 0.1) is 0 Å². The van der Waals surface area contributed by atoms with Gasteiger partial charge in [0.2, 0.25) is 0 Å². The van der Waals surface area contributed by atoms with Gasteiger partial charge < -0.3 is 42.6 Å². The number of nitrogens with zero attached hydrogens (tertiary/aromatic N) is 1. The van der Waals surface area contributed by atoms with Gasteiger partial charge in [0.1, 0.15) is 25.4 Å². The molecule has 0 saturated carbocycles. The molecule has 0 aromatic rings. The smallest absolute Gasteiger partial charge is 0.364 e. The minimum atomic E-state index is -0.919. The fourth-order valence-corrected chi connectivity index (χ4v) is 6.36. The van der Waals surface area contributed by atoms with Crippen LogP contribution >= 0.6 is 0 Å². The number of carbonyl (C=O) groups is 3. The normalized spacial score (nSPS) is 13.0. The molecule has 0 aliphatic heterocycles. The summed E-state index contributed by atoms with van der Waals surface area (Å²) in [5.74, 6) is -0.946. The van der Waals surface area contributed by atoms with Crippen LogP contribution in [0.1, 0.15) is 187 Å². The summed E-state index contributed by atoms with van der Waals surface area (Å²) in [5, 5.41) is 21.4. The van der Waals surface area contributed by atoms with E-state index >= 15 is 0 Å². The Balaban J connectivity index is 0. The van der Waals surface area contributed by atoms with Gasteiger partial charge >= 0.3 is 17.9 Å². The Hall–Kier alpha value is -1.46. The van der Waals surface area contributed by atoms with E-state index in [1.54, 1.807) is 0 Å². The van der Waals surface area contributed by atoms with Gasteiger partial charge in [-0.3, -0.25) is 14.5 Å². The first-order chi connectivity index (χ1) is 24.7. The van der Waals surface area contributed by atoms with Crippen molar-refractivity contribution < 1.29 is 56.9 Å². The van der Waals surface area contributed by atoms with Crippen LogP contribution in [0.4, 0.5) is 0 Å². The number of esters is 3. The first kappa shape index (κ1) is 52.6. The Kier molecular flexibility index (Phi) is 39.7. The summed E-state index contributed by atoms with van der Waals surface area (Å²) in [7, 11) is 1.35. The predicted octanol–water partition coefficient (Wildman–Crippen LogP) is 4.46. The second kappa shape index (κ2) is 39.2. The van der Waals surface area contributed by atoms with Crippen LogP contribution in [0.25, 0.3) is 0 Å². The Morgan fingerprint density at radius 2 is 0.904 bits per heavy atom. The van der Waals surface area contributed by atoms with E-state index in [9.17, 15) is 24.6 Å². The molecule has 52 heavy (non-hydrogen) atoms. The number of methoxy groups -OCH3 is 1. The van der Waals surface area contributed by atoms with E-state index in [1.165, 1.54) is 110 Å². The lowest BCUT2D eigenvalue weighted by Gasteiger charge is -2.27. The molecule has 0 spiro atoms. The SMILES string of the molecule is CCCCCCCCCCCCCC(=O)OCC(O)CN(CCCCC([NH3+])C(=O)OC)CC(O)COC(=O)CCCCCCCCCCCCC.[Cl-]. The van der Waals surface area contributed by atoms with Crippen molar-refractivity contribution >= 4 is 17.9 Å². The average molecular weight is 766 g/mol. The summed E-state index contributed by atoms with van der Waals surface area (Å²) in [4.78, 5) is 38.2. The summed E-state index contributed by atoms with van der Waals surface area (Å²) < 4.78 is 15.5. The summed E-state index contributed by atoms with van der Waals surface area (Å²) in [6.07, 6.45) is 27.5. The number of rotatable bonds is 38. The summed E-state index contributed by atoms with van der Waals surface area (Å²) in [6.45, 7) is 5.19. The van der Waals surface area contributed by atoms with Crippen LogP contribution in [-0.2, 0) is 28.6 Å². The standard InChI is InChI=1S/C41H80N2O8.ClH/c1-4-6-8-10-12-14-16-18-20-22-24-29-39(46)50-34-36(44)32-43(31-27-26-28-38(42)41(48)49-3)33-37(45)35-51-40(47)30-25-23-21-19-17-15-13-11-9-7-5-2;/h36-38,44-45H,4-35,42H2,1-3H3;1H. The number of hydrogen-bond donors (Lipinski definition) is 3. The van der Waals surface area contributed by atoms with Crippen molar-refractivity contribution in [2.45, 2.75) is 205 Å². The Labute approximate surface area is 324 Å². The van der Waals surface area contributed by atoms with Crippen LogP contribution in [0.2, 0.25) is 0 Å². The molecule has 0 saturated heterocycles. The van der Waals surface area contributed by atoms with Crippen LogP contribution in [0.3, 0.4) is 0 Å². The van der Waals surface area contributed by atoms with Crippen molar-refractivity contribution in [1.29, 1.82) is 0 Å². The van der Waals surface area contributed by atoms with Gasteiger partial charge in [-0.15, -0.1) is 0 Å². The number of unbranched alkanes of at least 4 members (excludes halogenated alkanes) is 21. The number of hydrogen-bond acceptors (Lipinski definition) is 9. The first-order valence-electron chi connectivity index (χ1n) is 21.0. The number of ether oxygens (including phenoxy) is 3. The average Bonchev–Trinajstić information content (AvgIpc) is 3.12. The molecule has 0 aromatic heterocycles. The van der Waals surface area contributed by atoms with Crippen LogP contribution in [0.5, 0.6) is 0 Å². The molecule has 5 N–H and O–H groups in total. The largest absolute Gasteiger partial charge is 1.00 e. The van der Waals surface area contributed by atoms with Crippen LogP contribution in [0.15, 0.2) is 0 Å². The quantitative estimate of drug-likeness (QED) is 0.0471. The van der Waals surface area contributed by atoms with Crippen molar-refractivity contribution in [1.82, 2.24) is 4.90 Å². The molecule has 0 bridgehead atoms. The van der Waals surface area contributed by atoms with Crippen molar-refractivity contribution in [3.8, 4) is 0 Å². The molecular formula is C41H81ClN2O8. The molecule has 0 aliphatic rings. The zero-order valence-corrected chi connectivity index (χ0v) is 34.5. The highest BCUT2D eigenvalue weighted by Crippen LogP contribution is 2.14. The van der Waals surface area contributed by atoms with Gasteiger partial charge in [0.15, 0.2) is 6.04 Å². The summed E-state index contributed by atoms with van der Waals surface area (Å²) in [5.41, 5.74) is 3.85. The van der Waals surface area contributed by atoms with E-state index in [0.717, 1.165) is 38.5 Å². The highest BCUT2D eigenvalue weighted by atomic mass is 35.5. The summed E-state index contributed by atoms with van der Waals surface area (Å²) >= 11 is 0. The predicted molar refractivity (Wildman–Crippen MR) is 205 cm³/mol. The van der Waals surface area contributed by atoms with Crippen LogP contribution < -0.4 is 18.1 Å². The third-order valence-electron chi connectivity index (χ3n) is 9.59. The lowest BCUT2D eigenvalue weighted by Crippen LogP contribution is -3.00. The third kappa shape index (κ3) is 35.6. The maximum atomic E-state index is 12.3. The third-order valence-corrected chi connectivity index (χ3v) is 9.59. The van der Waals surface area contributed by atoms with Crippen molar-refractivity contribution in [3.63, 3.8) is 0 Å². The van der Waals surface area contributed by atoms with E-state index < -0.39 is 18.2 Å². The van der Waals surface area contributed by atoms with E-state index in [1.807, 2.05) is 4.90 Å². The number of carbonyl (C=O) groups excluding carboxylic acids is 3. The maximum Gasteiger partial charge on any atom is 0.364 e. The molecule has 3 unspecified atom stereocenters. The lowest BCUT2D eigenvalue weighted by atomic mass is 10.1. The van der Waals surface area contributed by atoms with E-state index in [4.69, 9.17) is 14.2 Å². The fraction of sp³-hybridized carbons (Fsp3) is 0.927. The topological polar surface area (TPSA) is 150 Å². The maximum absolute atomic E-state index is 12.3. The van der Waals surface area contributed by atoms with Gasteiger partial charge in [-0.25, -0.2) is 4.79 Å². The van der Waals surface area contributed by atoms with Crippen LogP contribution in [-0.4, -0.2) is 91.2 Å². The Bertz CT molecular complexity index is 772. The molecule has 0 fully saturated rings. The minimum absolute atomic E-state index is 0. The number of halogens is 1. The van der Waals surface area contributed by atoms with Gasteiger partial charge in [-0.2, -0.15) is 0 Å². The highest BCUT2D eigenvalue weighted by Gasteiger charge is 2.20. The van der Waals surface area contributed by atoms with Gasteiger partial charge in [0, 0.05) is 32.4 Å². The van der Waals surface area contributed by atoms with Gasteiger partial charge in [0.25, 0.3) is 0 Å². The molecule has 0 rings (SSSR count). The van der Waals surface area contributed by atoms with E-state index in [-0.39, 0.29) is 56.6 Å². The second-order valence-corrected chi connectivity index (χ2v) is 14.7. The fourth-order valence-electron chi connectivity index (χ4n) is 6.36. The number of aliphatic hydroxyl groups is 2. The molecule has 3 atom stereocenters. The van der Waals surface area contributed by atoms with Gasteiger partial charge in [-0.05, 0) is 32.2 Å². The molecule has 0 aromatic carbocycles. The van der Waals surface area contributed by atoms with E-state index in [2.05, 4.69) is 19.6 Å². The Morgan fingerprint density at radius 1 is 0.558 bits per heavy atom. The highest BCUT2D eigenvalue weighted by molar-refractivity contribution is 5.73. The monoisotopic (exact) mass is 765 g/mol. The molecular weight excluding hydrogens is 684 g/mol. The van der Waals surface area contributed by atoms with Gasteiger partial charge in [0.05, 0.1) is 7.11 Å². The van der Waals surface area contributed by atoms with Gasteiger partial charge in [-0.1, -0.05) is 142 Å². The molecule has 0 radical (unpaired) electrons. The zero-order chi connectivity index (χ0) is 37.8. The zero-order valence-electron chi connectivity index (χ0n) is 33.7.